The van der Waals surface area contributed by atoms with Crippen LogP contribution in [0.4, 0.5) is 0 Å². The highest BCUT2D eigenvalue weighted by atomic mass is 32.2. The van der Waals surface area contributed by atoms with E-state index in [1.54, 1.807) is 6.33 Å². The fourth-order valence-electron chi connectivity index (χ4n) is 2.90. The van der Waals surface area contributed by atoms with Crippen molar-refractivity contribution in [3.63, 3.8) is 0 Å². The number of rotatable bonds is 6. The lowest BCUT2D eigenvalue weighted by Gasteiger charge is -2.13. The molecule has 1 aromatic heterocycles. The number of ether oxygens (including phenoxy) is 2. The van der Waals surface area contributed by atoms with E-state index in [1.807, 2.05) is 60.9 Å². The second-order valence-electron chi connectivity index (χ2n) is 6.44. The molecule has 0 saturated carbocycles. The van der Waals surface area contributed by atoms with Crippen LogP contribution in [-0.4, -0.2) is 32.7 Å². The van der Waals surface area contributed by atoms with Crippen LogP contribution in [0.2, 0.25) is 0 Å². The van der Waals surface area contributed by atoms with Crippen molar-refractivity contribution >= 4 is 17.7 Å². The van der Waals surface area contributed by atoms with Crippen LogP contribution in [0.1, 0.15) is 18.1 Å². The second kappa shape index (κ2) is 7.93. The number of fused-ring (bicyclic) bond motifs is 1. The zero-order valence-corrected chi connectivity index (χ0v) is 16.4. The monoisotopic (exact) mass is 396 g/mol. The fraction of sp³-hybridized carbons (Fsp3) is 0.250. The fourth-order valence-corrected chi connectivity index (χ4v) is 3.76. The third-order valence-corrected chi connectivity index (χ3v) is 5.50. The number of carbonyl (C=O) groups excluding carboxylic acids is 1. The van der Waals surface area contributed by atoms with Gasteiger partial charge in [-0.05, 0) is 43.2 Å². The summed E-state index contributed by atoms with van der Waals surface area (Å²) in [5.74, 6) is 1.37. The molecule has 0 bridgehead atoms. The molecule has 0 aliphatic carbocycles. The Labute approximate surface area is 167 Å². The predicted molar refractivity (Wildman–Crippen MR) is 106 cm³/mol. The molecular formula is C20H20N4O3S. The number of nitrogens with zero attached hydrogens (tertiary/aromatic N) is 3. The van der Waals surface area contributed by atoms with Gasteiger partial charge in [-0.1, -0.05) is 36.0 Å². The molecule has 0 saturated heterocycles. The van der Waals surface area contributed by atoms with Gasteiger partial charge in [0.1, 0.15) is 6.33 Å². The minimum absolute atomic E-state index is 0.0676. The van der Waals surface area contributed by atoms with E-state index < -0.39 is 0 Å². The number of benzene rings is 2. The normalized spacial score (nSPS) is 13.4. The summed E-state index contributed by atoms with van der Waals surface area (Å²) >= 11 is 1.38. The van der Waals surface area contributed by atoms with Gasteiger partial charge in [-0.15, -0.1) is 10.2 Å². The third kappa shape index (κ3) is 3.82. The summed E-state index contributed by atoms with van der Waals surface area (Å²) in [7, 11) is 0. The molecule has 1 amide bonds. The van der Waals surface area contributed by atoms with Crippen molar-refractivity contribution in [2.75, 3.05) is 6.79 Å². The smallest absolute Gasteiger partial charge is 0.233 e. The van der Waals surface area contributed by atoms with E-state index in [0.29, 0.717) is 17.5 Å². The Hall–Kier alpha value is -3.00. The minimum Gasteiger partial charge on any atom is -0.454 e. The molecule has 1 atom stereocenters. The Kier molecular flexibility index (Phi) is 5.21. The van der Waals surface area contributed by atoms with Crippen LogP contribution in [0.25, 0.3) is 5.69 Å². The Morgan fingerprint density at radius 1 is 1.25 bits per heavy atom. The van der Waals surface area contributed by atoms with Gasteiger partial charge in [0.05, 0.1) is 10.9 Å². The first kappa shape index (κ1) is 18.4. The van der Waals surface area contributed by atoms with Gasteiger partial charge in [-0.2, -0.15) is 0 Å². The summed E-state index contributed by atoms with van der Waals surface area (Å²) in [4.78, 5) is 12.5. The Bertz CT molecular complexity index is 1000. The average molecular weight is 396 g/mol. The number of hydrogen-bond donors (Lipinski definition) is 1. The number of aryl methyl sites for hydroxylation is 1. The molecule has 28 heavy (non-hydrogen) atoms. The van der Waals surface area contributed by atoms with E-state index in [9.17, 15) is 4.79 Å². The highest BCUT2D eigenvalue weighted by molar-refractivity contribution is 8.00. The van der Waals surface area contributed by atoms with E-state index in [4.69, 9.17) is 9.47 Å². The molecule has 3 aromatic rings. The average Bonchev–Trinajstić information content (AvgIpc) is 3.35. The second-order valence-corrected chi connectivity index (χ2v) is 7.74. The molecule has 2 aromatic carbocycles. The van der Waals surface area contributed by atoms with Crippen LogP contribution in [0, 0.1) is 6.92 Å². The third-order valence-electron chi connectivity index (χ3n) is 4.45. The van der Waals surface area contributed by atoms with E-state index in [0.717, 1.165) is 22.6 Å². The molecule has 144 valence electrons. The molecule has 8 heteroatoms. The van der Waals surface area contributed by atoms with Gasteiger partial charge < -0.3 is 14.8 Å². The summed E-state index contributed by atoms with van der Waals surface area (Å²) in [6.45, 7) is 4.55. The molecule has 0 fully saturated rings. The zero-order chi connectivity index (χ0) is 19.5. The van der Waals surface area contributed by atoms with Gasteiger partial charge in [0.15, 0.2) is 16.7 Å². The number of thioether (sulfide) groups is 1. The Balaban J connectivity index is 1.39. The van der Waals surface area contributed by atoms with E-state index in [1.165, 1.54) is 11.8 Å². The van der Waals surface area contributed by atoms with Gasteiger partial charge in [-0.3, -0.25) is 9.36 Å². The lowest BCUT2D eigenvalue weighted by molar-refractivity contribution is -0.120. The van der Waals surface area contributed by atoms with Gasteiger partial charge in [-0.25, -0.2) is 0 Å². The topological polar surface area (TPSA) is 78.3 Å². The quantitative estimate of drug-likeness (QED) is 0.645. The SMILES string of the molecule is Cc1ccccc1-n1cnnc1S[C@H](C)C(=O)NCc1ccc2c(c1)OCO2. The molecular weight excluding hydrogens is 376 g/mol. The maximum Gasteiger partial charge on any atom is 0.233 e. The molecule has 1 aliphatic rings. The van der Waals surface area contributed by atoms with Gasteiger partial charge in [0.2, 0.25) is 12.7 Å². The van der Waals surface area contributed by atoms with Crippen LogP contribution < -0.4 is 14.8 Å². The zero-order valence-electron chi connectivity index (χ0n) is 15.6. The number of amides is 1. The lowest BCUT2D eigenvalue weighted by Crippen LogP contribution is -2.30. The van der Waals surface area contributed by atoms with E-state index in [-0.39, 0.29) is 18.0 Å². The van der Waals surface area contributed by atoms with Crippen molar-refractivity contribution in [2.45, 2.75) is 30.8 Å². The Morgan fingerprint density at radius 2 is 2.07 bits per heavy atom. The molecule has 1 N–H and O–H groups in total. The molecule has 4 rings (SSSR count). The molecule has 7 nitrogen and oxygen atoms in total. The molecule has 0 radical (unpaired) electrons. The highest BCUT2D eigenvalue weighted by Crippen LogP contribution is 2.32. The van der Waals surface area contributed by atoms with Crippen LogP contribution >= 0.6 is 11.8 Å². The van der Waals surface area contributed by atoms with Crippen LogP contribution in [0.5, 0.6) is 11.5 Å². The maximum absolute atomic E-state index is 12.5. The largest absolute Gasteiger partial charge is 0.454 e. The first-order valence-corrected chi connectivity index (χ1v) is 9.78. The van der Waals surface area contributed by atoms with Crippen molar-refractivity contribution in [2.24, 2.45) is 0 Å². The molecule has 1 aliphatic heterocycles. The standard InChI is InChI=1S/C20H20N4O3S/c1-13-5-3-4-6-16(13)24-11-22-23-20(24)28-14(2)19(25)21-10-15-7-8-17-18(9-15)27-12-26-17/h3-9,11,14H,10,12H2,1-2H3,(H,21,25)/t14-/m1/s1. The van der Waals surface area contributed by atoms with Crippen LogP contribution in [0.3, 0.4) is 0 Å². The summed E-state index contributed by atoms with van der Waals surface area (Å²) < 4.78 is 12.6. The van der Waals surface area contributed by atoms with E-state index >= 15 is 0 Å². The van der Waals surface area contributed by atoms with Gasteiger partial charge >= 0.3 is 0 Å². The summed E-state index contributed by atoms with van der Waals surface area (Å²) in [6, 6.07) is 13.7. The summed E-state index contributed by atoms with van der Waals surface area (Å²) in [5, 5.41) is 11.5. The number of nitrogens with one attached hydrogen (secondary N) is 1. The predicted octanol–water partition coefficient (Wildman–Crippen LogP) is 3.10. The number of para-hydroxylation sites is 1. The van der Waals surface area contributed by atoms with Gasteiger partial charge in [0.25, 0.3) is 0 Å². The van der Waals surface area contributed by atoms with Crippen LogP contribution in [-0.2, 0) is 11.3 Å². The van der Waals surface area contributed by atoms with Crippen molar-refractivity contribution in [1.29, 1.82) is 0 Å². The van der Waals surface area contributed by atoms with Gasteiger partial charge in [0, 0.05) is 6.54 Å². The molecule has 0 unspecified atom stereocenters. The maximum atomic E-state index is 12.5. The Morgan fingerprint density at radius 3 is 2.93 bits per heavy atom. The highest BCUT2D eigenvalue weighted by Gasteiger charge is 2.19. The summed E-state index contributed by atoms with van der Waals surface area (Å²) in [6.07, 6.45) is 1.67. The number of aromatic nitrogens is 3. The first-order valence-electron chi connectivity index (χ1n) is 8.91. The van der Waals surface area contributed by atoms with Crippen molar-refractivity contribution in [1.82, 2.24) is 20.1 Å². The molecule has 2 heterocycles. The number of carbonyl (C=O) groups is 1. The lowest BCUT2D eigenvalue weighted by atomic mass is 10.2. The van der Waals surface area contributed by atoms with Crippen molar-refractivity contribution in [3.8, 4) is 17.2 Å². The first-order chi connectivity index (χ1) is 13.6. The molecule has 0 spiro atoms. The minimum atomic E-state index is -0.319. The van der Waals surface area contributed by atoms with E-state index in [2.05, 4.69) is 15.5 Å². The number of hydrogen-bond acceptors (Lipinski definition) is 6. The van der Waals surface area contributed by atoms with Crippen molar-refractivity contribution in [3.05, 3.63) is 59.9 Å². The van der Waals surface area contributed by atoms with Crippen LogP contribution in [0.15, 0.2) is 53.9 Å². The summed E-state index contributed by atoms with van der Waals surface area (Å²) in [5.41, 5.74) is 3.07. The van der Waals surface area contributed by atoms with Crippen molar-refractivity contribution < 1.29 is 14.3 Å².